The van der Waals surface area contributed by atoms with Crippen LogP contribution in [0.15, 0.2) is 42.5 Å². The molecule has 0 aliphatic rings. The zero-order valence-electron chi connectivity index (χ0n) is 12.2. The molecule has 0 bridgehead atoms. The highest BCUT2D eigenvalue weighted by Gasteiger charge is 2.03. The van der Waals surface area contributed by atoms with E-state index in [-0.39, 0.29) is 5.56 Å². The number of carboxylic acid groups (broad SMARTS) is 1. The molecule has 21 heavy (non-hydrogen) atoms. The number of ether oxygens (including phenoxy) is 1. The minimum atomic E-state index is -0.932. The van der Waals surface area contributed by atoms with Gasteiger partial charge in [0.25, 0.3) is 0 Å². The second-order valence-electron chi connectivity index (χ2n) is 4.87. The van der Waals surface area contributed by atoms with E-state index < -0.39 is 5.97 Å². The van der Waals surface area contributed by atoms with Crippen LogP contribution in [-0.4, -0.2) is 24.2 Å². The summed E-state index contributed by atoms with van der Waals surface area (Å²) in [4.78, 5) is 10.7. The molecule has 0 unspecified atom stereocenters. The van der Waals surface area contributed by atoms with E-state index in [1.165, 1.54) is 23.3 Å². The van der Waals surface area contributed by atoms with E-state index in [0.29, 0.717) is 18.9 Å². The van der Waals surface area contributed by atoms with E-state index in [1.807, 2.05) is 6.07 Å². The third-order valence-electron chi connectivity index (χ3n) is 3.25. The Morgan fingerprint density at radius 3 is 2.29 bits per heavy atom. The average molecular weight is 285 g/mol. The number of nitrogens with one attached hydrogen (secondary N) is 1. The lowest BCUT2D eigenvalue weighted by atomic mass is 10.1. The highest BCUT2D eigenvalue weighted by Crippen LogP contribution is 2.19. The molecule has 2 aromatic rings. The number of rotatable bonds is 6. The molecular weight excluding hydrogens is 266 g/mol. The van der Waals surface area contributed by atoms with E-state index in [4.69, 9.17) is 9.84 Å². The largest absolute Gasteiger partial charge is 0.492 e. The molecule has 0 aromatic heterocycles. The Morgan fingerprint density at radius 1 is 1.10 bits per heavy atom. The Balaban J connectivity index is 1.83. The lowest BCUT2D eigenvalue weighted by Crippen LogP contribution is -2.13. The molecule has 0 radical (unpaired) electrons. The van der Waals surface area contributed by atoms with Crippen molar-refractivity contribution in [2.75, 3.05) is 18.5 Å². The lowest BCUT2D eigenvalue weighted by Gasteiger charge is -2.13. The van der Waals surface area contributed by atoms with Crippen molar-refractivity contribution in [2.45, 2.75) is 13.8 Å². The minimum absolute atomic E-state index is 0.260. The number of anilines is 1. The summed E-state index contributed by atoms with van der Waals surface area (Å²) in [6.07, 6.45) is 0. The Kier molecular flexibility index (Phi) is 4.82. The summed E-state index contributed by atoms with van der Waals surface area (Å²) in [6.45, 7) is 5.34. The van der Waals surface area contributed by atoms with Gasteiger partial charge in [-0.25, -0.2) is 4.79 Å². The fourth-order valence-corrected chi connectivity index (χ4v) is 2.13. The van der Waals surface area contributed by atoms with Crippen molar-refractivity contribution in [1.82, 2.24) is 0 Å². The number of aromatic carboxylic acids is 1. The smallest absolute Gasteiger partial charge is 0.335 e. The van der Waals surface area contributed by atoms with Crippen molar-refractivity contribution in [3.63, 3.8) is 0 Å². The van der Waals surface area contributed by atoms with Gasteiger partial charge in [0, 0.05) is 12.2 Å². The van der Waals surface area contributed by atoms with Crippen LogP contribution in [0.25, 0.3) is 0 Å². The number of carboxylic acids is 1. The van der Waals surface area contributed by atoms with Crippen LogP contribution in [0.3, 0.4) is 0 Å². The molecule has 0 amide bonds. The molecule has 0 saturated heterocycles. The number of aryl methyl sites for hydroxylation is 2. The molecule has 4 nitrogen and oxygen atoms in total. The molecule has 2 N–H and O–H groups in total. The molecule has 4 heteroatoms. The van der Waals surface area contributed by atoms with Crippen molar-refractivity contribution in [3.05, 3.63) is 59.2 Å². The fraction of sp³-hybridized carbons (Fsp3) is 0.235. The Bertz CT molecular complexity index is 600. The quantitative estimate of drug-likeness (QED) is 0.798. The monoisotopic (exact) mass is 285 g/mol. The van der Waals surface area contributed by atoms with Gasteiger partial charge < -0.3 is 15.2 Å². The maximum Gasteiger partial charge on any atom is 0.335 e. The van der Waals surface area contributed by atoms with Crippen molar-refractivity contribution >= 4 is 11.7 Å². The lowest BCUT2D eigenvalue weighted by molar-refractivity contribution is 0.0697. The summed E-state index contributed by atoms with van der Waals surface area (Å²) < 4.78 is 5.59. The summed E-state index contributed by atoms with van der Waals surface area (Å²) in [5, 5.41) is 12.2. The summed E-state index contributed by atoms with van der Waals surface area (Å²) in [5.74, 6) is -0.262. The van der Waals surface area contributed by atoms with Gasteiger partial charge >= 0.3 is 5.97 Å². The van der Waals surface area contributed by atoms with Crippen LogP contribution in [0.4, 0.5) is 5.69 Å². The van der Waals surface area contributed by atoms with Gasteiger partial charge in [-0.1, -0.05) is 18.2 Å². The molecule has 2 aromatic carbocycles. The number of benzene rings is 2. The van der Waals surface area contributed by atoms with Crippen LogP contribution in [0.2, 0.25) is 0 Å². The average Bonchev–Trinajstić information content (AvgIpc) is 2.46. The van der Waals surface area contributed by atoms with Gasteiger partial charge in [0.05, 0.1) is 5.56 Å². The molecule has 0 aliphatic carbocycles. The number of para-hydroxylation sites is 1. The molecule has 0 saturated carbocycles. The molecule has 110 valence electrons. The van der Waals surface area contributed by atoms with Crippen molar-refractivity contribution in [2.24, 2.45) is 0 Å². The standard InChI is InChI=1S/C17H19NO3/c1-12-4-3-5-13(2)16(12)18-10-11-21-15-8-6-14(7-9-15)17(19)20/h3-9,18H,10-11H2,1-2H3,(H,19,20). The summed E-state index contributed by atoms with van der Waals surface area (Å²) in [6, 6.07) is 12.6. The van der Waals surface area contributed by atoms with E-state index >= 15 is 0 Å². The van der Waals surface area contributed by atoms with Gasteiger partial charge in [-0.15, -0.1) is 0 Å². The van der Waals surface area contributed by atoms with Crippen LogP contribution >= 0.6 is 0 Å². The third-order valence-corrected chi connectivity index (χ3v) is 3.25. The topological polar surface area (TPSA) is 58.6 Å². The van der Waals surface area contributed by atoms with Crippen LogP contribution in [0, 0.1) is 13.8 Å². The van der Waals surface area contributed by atoms with Gasteiger partial charge in [-0.3, -0.25) is 0 Å². The minimum Gasteiger partial charge on any atom is -0.492 e. The maximum absolute atomic E-state index is 10.7. The highest BCUT2D eigenvalue weighted by molar-refractivity contribution is 5.87. The highest BCUT2D eigenvalue weighted by atomic mass is 16.5. The zero-order valence-corrected chi connectivity index (χ0v) is 12.2. The van der Waals surface area contributed by atoms with Gasteiger partial charge in [0.15, 0.2) is 0 Å². The van der Waals surface area contributed by atoms with E-state index in [2.05, 4.69) is 31.3 Å². The number of hydrogen-bond donors (Lipinski definition) is 2. The molecular formula is C17H19NO3. The predicted molar refractivity (Wildman–Crippen MR) is 83.3 cm³/mol. The van der Waals surface area contributed by atoms with Crippen LogP contribution in [-0.2, 0) is 0 Å². The molecule has 0 spiro atoms. The normalized spacial score (nSPS) is 10.2. The Morgan fingerprint density at radius 2 is 1.71 bits per heavy atom. The maximum atomic E-state index is 10.7. The van der Waals surface area contributed by atoms with E-state index in [1.54, 1.807) is 12.1 Å². The molecule has 0 heterocycles. The molecule has 0 fully saturated rings. The zero-order chi connectivity index (χ0) is 15.2. The molecule has 2 rings (SSSR count). The first-order valence-corrected chi connectivity index (χ1v) is 6.84. The van der Waals surface area contributed by atoms with Gasteiger partial charge in [-0.05, 0) is 49.2 Å². The van der Waals surface area contributed by atoms with Crippen LogP contribution < -0.4 is 10.1 Å². The van der Waals surface area contributed by atoms with Crippen LogP contribution in [0.5, 0.6) is 5.75 Å². The first-order valence-electron chi connectivity index (χ1n) is 6.84. The second kappa shape index (κ2) is 6.79. The van der Waals surface area contributed by atoms with Crippen molar-refractivity contribution in [3.8, 4) is 5.75 Å². The summed E-state index contributed by atoms with van der Waals surface area (Å²) >= 11 is 0. The molecule has 0 aliphatic heterocycles. The second-order valence-corrected chi connectivity index (χ2v) is 4.87. The first-order chi connectivity index (χ1) is 10.1. The SMILES string of the molecule is Cc1cccc(C)c1NCCOc1ccc(C(=O)O)cc1. The first kappa shape index (κ1) is 14.9. The summed E-state index contributed by atoms with van der Waals surface area (Å²) in [5.41, 5.74) is 3.82. The Hall–Kier alpha value is -2.49. The predicted octanol–water partition coefficient (Wildman–Crippen LogP) is 3.49. The van der Waals surface area contributed by atoms with Crippen molar-refractivity contribution < 1.29 is 14.6 Å². The van der Waals surface area contributed by atoms with E-state index in [9.17, 15) is 4.79 Å². The van der Waals surface area contributed by atoms with Crippen LogP contribution in [0.1, 0.15) is 21.5 Å². The van der Waals surface area contributed by atoms with Gasteiger partial charge in [0.2, 0.25) is 0 Å². The Labute approximate surface area is 124 Å². The van der Waals surface area contributed by atoms with Gasteiger partial charge in [0.1, 0.15) is 12.4 Å². The van der Waals surface area contributed by atoms with E-state index in [0.717, 1.165) is 5.69 Å². The summed E-state index contributed by atoms with van der Waals surface area (Å²) in [7, 11) is 0. The number of carbonyl (C=O) groups is 1. The van der Waals surface area contributed by atoms with Gasteiger partial charge in [-0.2, -0.15) is 0 Å². The third kappa shape index (κ3) is 3.99. The number of hydrogen-bond acceptors (Lipinski definition) is 3. The van der Waals surface area contributed by atoms with Crippen molar-refractivity contribution in [1.29, 1.82) is 0 Å². The molecule has 0 atom stereocenters. The fourth-order valence-electron chi connectivity index (χ4n) is 2.13.